The fourth-order valence-electron chi connectivity index (χ4n) is 2.96. The second kappa shape index (κ2) is 6.29. The average molecular weight is 273 g/mol. The molecule has 20 heavy (non-hydrogen) atoms. The van der Waals surface area contributed by atoms with Crippen LogP contribution in [0, 0.1) is 0 Å². The van der Waals surface area contributed by atoms with E-state index >= 15 is 0 Å². The normalized spacial score (nSPS) is 17.6. The number of furan rings is 1. The van der Waals surface area contributed by atoms with Crippen molar-refractivity contribution in [1.82, 2.24) is 14.8 Å². The van der Waals surface area contributed by atoms with E-state index in [1.165, 1.54) is 31.6 Å². The highest BCUT2D eigenvalue weighted by molar-refractivity contribution is 5.08. The van der Waals surface area contributed by atoms with Gasteiger partial charge in [0, 0.05) is 32.0 Å². The highest BCUT2D eigenvalue weighted by Gasteiger charge is 2.25. The van der Waals surface area contributed by atoms with E-state index in [4.69, 9.17) is 4.42 Å². The molecule has 2 aromatic rings. The molecule has 1 aliphatic rings. The molecule has 1 saturated heterocycles. The van der Waals surface area contributed by atoms with Gasteiger partial charge in [-0.1, -0.05) is 0 Å². The Bertz CT molecular complexity index is 512. The molecule has 3 heterocycles. The Labute approximate surface area is 120 Å². The molecule has 0 amide bonds. The fourth-order valence-corrected chi connectivity index (χ4v) is 2.96. The number of aryl methyl sites for hydroxylation is 1. The third-order valence-corrected chi connectivity index (χ3v) is 4.15. The van der Waals surface area contributed by atoms with Gasteiger partial charge in [-0.2, -0.15) is 0 Å². The van der Waals surface area contributed by atoms with Crippen molar-refractivity contribution in [2.45, 2.75) is 25.4 Å². The first-order chi connectivity index (χ1) is 9.84. The van der Waals surface area contributed by atoms with Crippen molar-refractivity contribution in [2.24, 2.45) is 7.05 Å². The van der Waals surface area contributed by atoms with E-state index in [0.29, 0.717) is 6.04 Å². The van der Waals surface area contributed by atoms with Gasteiger partial charge in [0.05, 0.1) is 12.3 Å². The van der Waals surface area contributed by atoms with Crippen molar-refractivity contribution in [3.63, 3.8) is 0 Å². The molecule has 0 saturated carbocycles. The summed E-state index contributed by atoms with van der Waals surface area (Å²) in [6.45, 7) is 4.18. The predicted octanol–water partition coefficient (Wildman–Crippen LogP) is 2.54. The summed E-state index contributed by atoms with van der Waals surface area (Å²) in [6.07, 6.45) is 6.46. The maximum atomic E-state index is 5.63. The van der Waals surface area contributed by atoms with E-state index in [1.54, 1.807) is 6.26 Å². The second-order valence-corrected chi connectivity index (χ2v) is 5.52. The van der Waals surface area contributed by atoms with Crippen molar-refractivity contribution >= 4 is 0 Å². The Kier molecular flexibility index (Phi) is 4.23. The molecule has 108 valence electrons. The summed E-state index contributed by atoms with van der Waals surface area (Å²) in [7, 11) is 2.08. The highest BCUT2D eigenvalue weighted by Crippen LogP contribution is 2.24. The summed E-state index contributed by atoms with van der Waals surface area (Å²) >= 11 is 0. The van der Waals surface area contributed by atoms with Gasteiger partial charge in [-0.3, -0.25) is 4.90 Å². The molecule has 1 unspecified atom stereocenters. The lowest BCUT2D eigenvalue weighted by molar-refractivity contribution is 0.209. The minimum Gasteiger partial charge on any atom is -0.468 e. The molecule has 4 heteroatoms. The second-order valence-electron chi connectivity index (χ2n) is 5.52. The van der Waals surface area contributed by atoms with Gasteiger partial charge in [0.2, 0.25) is 0 Å². The van der Waals surface area contributed by atoms with E-state index in [0.717, 1.165) is 18.8 Å². The Hall–Kier alpha value is -1.52. The topological polar surface area (TPSA) is 33.3 Å². The summed E-state index contributed by atoms with van der Waals surface area (Å²) in [5.41, 5.74) is 1.31. The molecule has 4 nitrogen and oxygen atoms in total. The SMILES string of the molecule is Cn1cccc1CNCC(c1ccco1)N1CCCC1. The Balaban J connectivity index is 1.60. The van der Waals surface area contributed by atoms with Crippen molar-refractivity contribution in [3.05, 3.63) is 48.2 Å². The predicted molar refractivity (Wildman–Crippen MR) is 79.4 cm³/mol. The molecule has 0 aliphatic carbocycles. The van der Waals surface area contributed by atoms with E-state index in [9.17, 15) is 0 Å². The van der Waals surface area contributed by atoms with E-state index in [-0.39, 0.29) is 0 Å². The van der Waals surface area contributed by atoms with Crippen molar-refractivity contribution in [1.29, 1.82) is 0 Å². The van der Waals surface area contributed by atoms with Gasteiger partial charge in [0.1, 0.15) is 5.76 Å². The van der Waals surface area contributed by atoms with E-state index in [2.05, 4.69) is 46.2 Å². The molecule has 3 rings (SSSR count). The minimum atomic E-state index is 0.354. The lowest BCUT2D eigenvalue weighted by Gasteiger charge is -2.26. The lowest BCUT2D eigenvalue weighted by atomic mass is 10.2. The van der Waals surface area contributed by atoms with Gasteiger partial charge in [0.15, 0.2) is 0 Å². The first kappa shape index (κ1) is 13.5. The van der Waals surface area contributed by atoms with Crippen LogP contribution < -0.4 is 5.32 Å². The van der Waals surface area contributed by atoms with Crippen LogP contribution in [0.25, 0.3) is 0 Å². The number of nitrogens with one attached hydrogen (secondary N) is 1. The molecule has 1 atom stereocenters. The number of aromatic nitrogens is 1. The highest BCUT2D eigenvalue weighted by atomic mass is 16.3. The molecule has 1 aliphatic heterocycles. The van der Waals surface area contributed by atoms with Gasteiger partial charge in [-0.05, 0) is 50.2 Å². The maximum absolute atomic E-state index is 5.63. The zero-order valence-electron chi connectivity index (χ0n) is 12.1. The van der Waals surface area contributed by atoms with Gasteiger partial charge in [0.25, 0.3) is 0 Å². The summed E-state index contributed by atoms with van der Waals surface area (Å²) < 4.78 is 7.79. The van der Waals surface area contributed by atoms with Crippen molar-refractivity contribution in [2.75, 3.05) is 19.6 Å². The molecule has 0 aromatic carbocycles. The fraction of sp³-hybridized carbons (Fsp3) is 0.500. The van der Waals surface area contributed by atoms with Crippen LogP contribution in [-0.4, -0.2) is 29.1 Å². The summed E-state index contributed by atoms with van der Waals surface area (Å²) in [5.74, 6) is 1.08. The van der Waals surface area contributed by atoms with E-state index < -0.39 is 0 Å². The zero-order chi connectivity index (χ0) is 13.8. The molecule has 1 N–H and O–H groups in total. The van der Waals surface area contributed by atoms with Crippen LogP contribution >= 0.6 is 0 Å². The minimum absolute atomic E-state index is 0.354. The number of likely N-dealkylation sites (tertiary alicyclic amines) is 1. The molecule has 0 radical (unpaired) electrons. The Morgan fingerprint density at radius 2 is 2.10 bits per heavy atom. The molecule has 1 fully saturated rings. The van der Waals surface area contributed by atoms with Crippen LogP contribution in [-0.2, 0) is 13.6 Å². The van der Waals surface area contributed by atoms with Crippen molar-refractivity contribution in [3.8, 4) is 0 Å². The van der Waals surface area contributed by atoms with Crippen LogP contribution in [0.4, 0.5) is 0 Å². The molecule has 2 aromatic heterocycles. The van der Waals surface area contributed by atoms with Gasteiger partial charge >= 0.3 is 0 Å². The first-order valence-electron chi connectivity index (χ1n) is 7.43. The average Bonchev–Trinajstić information content (AvgIpc) is 3.18. The lowest BCUT2D eigenvalue weighted by Crippen LogP contribution is -2.34. The number of nitrogens with zero attached hydrogens (tertiary/aromatic N) is 2. The van der Waals surface area contributed by atoms with Crippen LogP contribution in [0.5, 0.6) is 0 Å². The van der Waals surface area contributed by atoms with E-state index in [1.807, 2.05) is 6.07 Å². The number of rotatable bonds is 6. The third-order valence-electron chi connectivity index (χ3n) is 4.15. The Morgan fingerprint density at radius 1 is 1.25 bits per heavy atom. The van der Waals surface area contributed by atoms with Gasteiger partial charge in [-0.25, -0.2) is 0 Å². The molecular formula is C16H23N3O. The number of hydrogen-bond acceptors (Lipinski definition) is 3. The zero-order valence-corrected chi connectivity index (χ0v) is 12.1. The quantitative estimate of drug-likeness (QED) is 0.878. The standard InChI is InChI=1S/C16H23N3O/c1-18-8-4-6-14(18)12-17-13-15(16-7-5-11-20-16)19-9-2-3-10-19/h4-8,11,15,17H,2-3,9-10,12-13H2,1H3. The summed E-state index contributed by atoms with van der Waals surface area (Å²) in [6, 6.07) is 8.67. The van der Waals surface area contributed by atoms with Crippen LogP contribution in [0.15, 0.2) is 41.1 Å². The molecular weight excluding hydrogens is 250 g/mol. The summed E-state index contributed by atoms with van der Waals surface area (Å²) in [5, 5.41) is 3.57. The third kappa shape index (κ3) is 2.97. The largest absolute Gasteiger partial charge is 0.468 e. The molecule has 0 spiro atoms. The monoisotopic (exact) mass is 273 g/mol. The Morgan fingerprint density at radius 3 is 2.75 bits per heavy atom. The maximum Gasteiger partial charge on any atom is 0.122 e. The van der Waals surface area contributed by atoms with Crippen LogP contribution in [0.2, 0.25) is 0 Å². The van der Waals surface area contributed by atoms with Crippen molar-refractivity contribution < 1.29 is 4.42 Å². The van der Waals surface area contributed by atoms with Gasteiger partial charge in [-0.15, -0.1) is 0 Å². The van der Waals surface area contributed by atoms with Crippen LogP contribution in [0.1, 0.15) is 30.3 Å². The van der Waals surface area contributed by atoms with Gasteiger partial charge < -0.3 is 14.3 Å². The van der Waals surface area contributed by atoms with Crippen LogP contribution in [0.3, 0.4) is 0 Å². The number of hydrogen-bond donors (Lipinski definition) is 1. The smallest absolute Gasteiger partial charge is 0.122 e. The first-order valence-corrected chi connectivity index (χ1v) is 7.43. The summed E-state index contributed by atoms with van der Waals surface area (Å²) in [4.78, 5) is 2.52. The molecule has 0 bridgehead atoms.